The molecule has 1 unspecified atom stereocenters. The van der Waals surface area contributed by atoms with Crippen molar-refractivity contribution in [2.45, 2.75) is 12.5 Å². The summed E-state index contributed by atoms with van der Waals surface area (Å²) in [6.45, 7) is 0.630. The van der Waals surface area contributed by atoms with Crippen LogP contribution in [-0.2, 0) is 0 Å². The van der Waals surface area contributed by atoms with Crippen molar-refractivity contribution in [3.8, 4) is 11.9 Å². The number of para-hydroxylation sites is 1. The summed E-state index contributed by atoms with van der Waals surface area (Å²) < 4.78 is 32.9. The maximum Gasteiger partial charge on any atom is 0.322 e. The quantitative estimate of drug-likeness (QED) is 0.929. The van der Waals surface area contributed by atoms with Crippen molar-refractivity contribution in [3.63, 3.8) is 0 Å². The summed E-state index contributed by atoms with van der Waals surface area (Å²) in [5.74, 6) is -1.37. The van der Waals surface area contributed by atoms with Gasteiger partial charge >= 0.3 is 6.03 Å². The van der Waals surface area contributed by atoms with E-state index in [2.05, 4.69) is 10.3 Å². The number of carbonyl (C=O) groups excluding carboxylic acids is 1. The third kappa shape index (κ3) is 3.83. The molecule has 2 aromatic rings. The molecule has 0 aliphatic carbocycles. The van der Waals surface area contributed by atoms with Crippen LogP contribution in [0, 0.1) is 23.0 Å². The summed E-state index contributed by atoms with van der Waals surface area (Å²) in [5.41, 5.74) is -0.0483. The van der Waals surface area contributed by atoms with Crippen LogP contribution in [-0.4, -0.2) is 35.1 Å². The molecule has 25 heavy (non-hydrogen) atoms. The first-order valence-electron chi connectivity index (χ1n) is 7.59. The molecule has 1 aromatic heterocycles. The molecule has 6 nitrogen and oxygen atoms in total. The van der Waals surface area contributed by atoms with Gasteiger partial charge in [0.25, 0.3) is 0 Å². The average molecular weight is 344 g/mol. The predicted molar refractivity (Wildman–Crippen MR) is 84.9 cm³/mol. The number of nitriles is 1. The summed E-state index contributed by atoms with van der Waals surface area (Å²) in [6.07, 6.45) is 1.71. The number of aromatic nitrogens is 1. The fourth-order valence-corrected chi connectivity index (χ4v) is 2.53. The fraction of sp³-hybridized carbons (Fsp3) is 0.235. The molecule has 1 N–H and O–H groups in total. The maximum atomic E-state index is 13.6. The van der Waals surface area contributed by atoms with E-state index in [4.69, 9.17) is 10.00 Å². The van der Waals surface area contributed by atoms with Crippen LogP contribution in [0.3, 0.4) is 0 Å². The average Bonchev–Trinajstić information content (AvgIpc) is 3.07. The molecule has 1 atom stereocenters. The van der Waals surface area contributed by atoms with Crippen LogP contribution in [0.2, 0.25) is 0 Å². The molecule has 2 heterocycles. The van der Waals surface area contributed by atoms with E-state index in [1.807, 2.05) is 6.07 Å². The van der Waals surface area contributed by atoms with Crippen molar-refractivity contribution >= 4 is 11.7 Å². The van der Waals surface area contributed by atoms with Gasteiger partial charge in [-0.1, -0.05) is 6.07 Å². The normalized spacial score (nSPS) is 16.4. The summed E-state index contributed by atoms with van der Waals surface area (Å²) in [5, 5.41) is 11.1. The van der Waals surface area contributed by atoms with Crippen LogP contribution in [0.1, 0.15) is 12.0 Å². The Morgan fingerprint density at radius 1 is 1.36 bits per heavy atom. The summed E-state index contributed by atoms with van der Waals surface area (Å²) in [6, 6.07) is 7.83. The lowest BCUT2D eigenvalue weighted by Gasteiger charge is -2.18. The second-order valence-electron chi connectivity index (χ2n) is 5.50. The van der Waals surface area contributed by atoms with E-state index in [9.17, 15) is 13.6 Å². The molecule has 8 heteroatoms. The van der Waals surface area contributed by atoms with Gasteiger partial charge in [0.2, 0.25) is 5.88 Å². The molecule has 1 aliphatic heterocycles. The number of urea groups is 1. The number of hydrogen-bond donors (Lipinski definition) is 1. The molecular weight excluding hydrogens is 330 g/mol. The molecule has 0 bridgehead atoms. The minimum absolute atomic E-state index is 0.250. The third-order valence-corrected chi connectivity index (χ3v) is 3.78. The van der Waals surface area contributed by atoms with Gasteiger partial charge in [-0.05, 0) is 18.2 Å². The Balaban J connectivity index is 1.60. The smallest absolute Gasteiger partial charge is 0.322 e. The molecule has 0 saturated carbocycles. The number of hydrogen-bond acceptors (Lipinski definition) is 4. The second kappa shape index (κ2) is 7.13. The standard InChI is InChI=1S/C17H14F2N4O2/c18-13-2-1-3-14(19)16(13)22-17(24)23-7-5-12(10-23)25-15-8-11(9-20)4-6-21-15/h1-4,6,8,12H,5,7,10H2,(H,22,24). The lowest BCUT2D eigenvalue weighted by Crippen LogP contribution is -2.35. The molecule has 2 amide bonds. The van der Waals surface area contributed by atoms with Gasteiger partial charge in [-0.2, -0.15) is 5.26 Å². The van der Waals surface area contributed by atoms with E-state index < -0.39 is 23.4 Å². The zero-order chi connectivity index (χ0) is 17.8. The number of nitrogens with one attached hydrogen (secondary N) is 1. The number of carbonyl (C=O) groups is 1. The molecule has 3 rings (SSSR count). The Hall–Kier alpha value is -3.21. The fourth-order valence-electron chi connectivity index (χ4n) is 2.53. The Bertz CT molecular complexity index is 817. The Labute approximate surface area is 142 Å². The molecular formula is C17H14F2N4O2. The lowest BCUT2D eigenvalue weighted by atomic mass is 10.3. The number of ether oxygens (including phenoxy) is 1. The Morgan fingerprint density at radius 3 is 2.84 bits per heavy atom. The Morgan fingerprint density at radius 2 is 2.12 bits per heavy atom. The summed E-state index contributed by atoms with van der Waals surface area (Å²) in [7, 11) is 0. The maximum absolute atomic E-state index is 13.6. The van der Waals surface area contributed by atoms with Crippen LogP contribution in [0.5, 0.6) is 5.88 Å². The van der Waals surface area contributed by atoms with Gasteiger partial charge in [-0.25, -0.2) is 18.6 Å². The summed E-state index contributed by atoms with van der Waals surface area (Å²) in [4.78, 5) is 17.6. The molecule has 1 aliphatic rings. The zero-order valence-corrected chi connectivity index (χ0v) is 13.1. The van der Waals surface area contributed by atoms with Crippen molar-refractivity contribution in [2.75, 3.05) is 18.4 Å². The van der Waals surface area contributed by atoms with Gasteiger partial charge in [-0.3, -0.25) is 0 Å². The molecule has 1 fully saturated rings. The monoisotopic (exact) mass is 344 g/mol. The number of nitrogens with zero attached hydrogens (tertiary/aromatic N) is 3. The molecule has 1 aromatic carbocycles. The number of anilines is 1. The van der Waals surface area contributed by atoms with Gasteiger partial charge in [0.15, 0.2) is 0 Å². The number of rotatable bonds is 3. The van der Waals surface area contributed by atoms with Gasteiger partial charge in [0.1, 0.15) is 23.4 Å². The largest absolute Gasteiger partial charge is 0.472 e. The highest BCUT2D eigenvalue weighted by molar-refractivity contribution is 5.89. The van der Waals surface area contributed by atoms with Gasteiger partial charge in [0.05, 0.1) is 18.2 Å². The first kappa shape index (κ1) is 16.6. The van der Waals surface area contributed by atoms with Crippen molar-refractivity contribution in [1.82, 2.24) is 9.88 Å². The highest BCUT2D eigenvalue weighted by Crippen LogP contribution is 2.21. The lowest BCUT2D eigenvalue weighted by molar-refractivity contribution is 0.190. The van der Waals surface area contributed by atoms with Crippen LogP contribution in [0.4, 0.5) is 19.3 Å². The Kier molecular flexibility index (Phi) is 4.75. The summed E-state index contributed by atoms with van der Waals surface area (Å²) >= 11 is 0. The zero-order valence-electron chi connectivity index (χ0n) is 13.1. The molecule has 1 saturated heterocycles. The minimum Gasteiger partial charge on any atom is -0.472 e. The highest BCUT2D eigenvalue weighted by Gasteiger charge is 2.29. The molecule has 128 valence electrons. The van der Waals surface area contributed by atoms with E-state index in [0.717, 1.165) is 12.1 Å². The number of likely N-dealkylation sites (tertiary alicyclic amines) is 1. The topological polar surface area (TPSA) is 78.2 Å². The minimum atomic E-state index is -0.835. The molecule has 0 spiro atoms. The van der Waals surface area contributed by atoms with E-state index in [1.54, 1.807) is 6.07 Å². The van der Waals surface area contributed by atoms with Crippen LogP contribution < -0.4 is 10.1 Å². The van der Waals surface area contributed by atoms with E-state index >= 15 is 0 Å². The van der Waals surface area contributed by atoms with Gasteiger partial charge in [-0.15, -0.1) is 0 Å². The first-order valence-corrected chi connectivity index (χ1v) is 7.59. The highest BCUT2D eigenvalue weighted by atomic mass is 19.1. The van der Waals surface area contributed by atoms with E-state index in [-0.39, 0.29) is 12.6 Å². The third-order valence-electron chi connectivity index (χ3n) is 3.78. The number of amides is 2. The first-order chi connectivity index (χ1) is 12.1. The van der Waals surface area contributed by atoms with Crippen LogP contribution in [0.25, 0.3) is 0 Å². The van der Waals surface area contributed by atoms with Crippen LogP contribution >= 0.6 is 0 Å². The van der Waals surface area contributed by atoms with Crippen molar-refractivity contribution in [3.05, 3.63) is 53.7 Å². The predicted octanol–water partition coefficient (Wildman–Crippen LogP) is 2.92. The van der Waals surface area contributed by atoms with Gasteiger partial charge < -0.3 is 15.0 Å². The van der Waals surface area contributed by atoms with Crippen molar-refractivity contribution < 1.29 is 18.3 Å². The van der Waals surface area contributed by atoms with Crippen molar-refractivity contribution in [2.24, 2.45) is 0 Å². The van der Waals surface area contributed by atoms with Crippen molar-refractivity contribution in [1.29, 1.82) is 5.26 Å². The number of pyridine rings is 1. The second-order valence-corrected chi connectivity index (χ2v) is 5.50. The SMILES string of the molecule is N#Cc1ccnc(OC2CCN(C(=O)Nc3c(F)cccc3F)C2)c1. The van der Waals surface area contributed by atoms with E-state index in [1.165, 1.54) is 23.2 Å². The molecule has 0 radical (unpaired) electrons. The number of benzene rings is 1. The van der Waals surface area contributed by atoms with E-state index in [0.29, 0.717) is 24.4 Å². The number of halogens is 2. The van der Waals surface area contributed by atoms with Gasteiger partial charge in [0, 0.05) is 25.2 Å². The van der Waals surface area contributed by atoms with Crippen LogP contribution in [0.15, 0.2) is 36.5 Å².